The minimum Gasteiger partial charge on any atom is -0.473 e. The van der Waals surface area contributed by atoms with Crippen molar-refractivity contribution in [3.8, 4) is 5.75 Å². The summed E-state index contributed by atoms with van der Waals surface area (Å²) in [5.41, 5.74) is 2.87. The van der Waals surface area contributed by atoms with Gasteiger partial charge in [0.15, 0.2) is 6.73 Å². The number of esters is 1. The molecule has 0 N–H and O–H groups in total. The maximum atomic E-state index is 11.4. The number of hydrogen-bond acceptors (Lipinski definition) is 4. The van der Waals surface area contributed by atoms with E-state index in [0.717, 1.165) is 18.0 Å². The molecule has 0 saturated carbocycles. The SMILES string of the molecule is COC(=O)c1ccc(OCN2CC=Cc3ccccc32)cc1. The first-order valence-corrected chi connectivity index (χ1v) is 7.09. The third kappa shape index (κ3) is 2.96. The monoisotopic (exact) mass is 295 g/mol. The van der Waals surface area contributed by atoms with Crippen LogP contribution in [0.5, 0.6) is 5.75 Å². The van der Waals surface area contributed by atoms with Gasteiger partial charge in [-0.05, 0) is 35.9 Å². The zero-order valence-corrected chi connectivity index (χ0v) is 12.4. The Hall–Kier alpha value is -2.75. The van der Waals surface area contributed by atoms with E-state index in [1.807, 2.05) is 12.1 Å². The van der Waals surface area contributed by atoms with Crippen LogP contribution in [0, 0.1) is 0 Å². The Balaban J connectivity index is 1.66. The second kappa shape index (κ2) is 6.35. The molecule has 4 nitrogen and oxygen atoms in total. The lowest BCUT2D eigenvalue weighted by Crippen LogP contribution is -2.30. The molecule has 1 heterocycles. The van der Waals surface area contributed by atoms with Crippen LogP contribution < -0.4 is 9.64 Å². The lowest BCUT2D eigenvalue weighted by atomic mass is 10.1. The molecule has 112 valence electrons. The maximum Gasteiger partial charge on any atom is 0.337 e. The van der Waals surface area contributed by atoms with Crippen LogP contribution in [0.25, 0.3) is 6.08 Å². The molecular weight excluding hydrogens is 278 g/mol. The molecule has 3 rings (SSSR count). The summed E-state index contributed by atoms with van der Waals surface area (Å²) in [5, 5.41) is 0. The number of para-hydroxylation sites is 1. The van der Waals surface area contributed by atoms with E-state index < -0.39 is 0 Å². The van der Waals surface area contributed by atoms with Crippen molar-refractivity contribution in [2.24, 2.45) is 0 Å². The first-order chi connectivity index (χ1) is 10.8. The summed E-state index contributed by atoms with van der Waals surface area (Å²) in [6.07, 6.45) is 4.24. The van der Waals surface area contributed by atoms with E-state index in [4.69, 9.17) is 4.74 Å². The smallest absolute Gasteiger partial charge is 0.337 e. The summed E-state index contributed by atoms with van der Waals surface area (Å²) < 4.78 is 10.5. The third-order valence-electron chi connectivity index (χ3n) is 3.56. The summed E-state index contributed by atoms with van der Waals surface area (Å²) in [5.74, 6) is 0.376. The van der Waals surface area contributed by atoms with Gasteiger partial charge >= 0.3 is 5.97 Å². The van der Waals surface area contributed by atoms with Crippen molar-refractivity contribution in [1.82, 2.24) is 0 Å². The molecule has 0 atom stereocenters. The number of carbonyl (C=O) groups is 1. The van der Waals surface area contributed by atoms with E-state index in [1.165, 1.54) is 12.7 Å². The Morgan fingerprint density at radius 1 is 1.14 bits per heavy atom. The molecule has 2 aromatic carbocycles. The van der Waals surface area contributed by atoms with Crippen molar-refractivity contribution in [3.63, 3.8) is 0 Å². The highest BCUT2D eigenvalue weighted by atomic mass is 16.5. The minimum atomic E-state index is -0.346. The van der Waals surface area contributed by atoms with Gasteiger partial charge in [-0.3, -0.25) is 0 Å². The first kappa shape index (κ1) is 14.2. The standard InChI is InChI=1S/C18H17NO3/c1-21-18(20)15-8-10-16(11-9-15)22-13-19-12-4-6-14-5-2-3-7-17(14)19/h2-11H,12-13H2,1H3. The van der Waals surface area contributed by atoms with Crippen molar-refractivity contribution in [1.29, 1.82) is 0 Å². The number of rotatable bonds is 4. The van der Waals surface area contributed by atoms with Gasteiger partial charge < -0.3 is 14.4 Å². The van der Waals surface area contributed by atoms with Crippen LogP contribution in [0.15, 0.2) is 54.6 Å². The summed E-state index contributed by atoms with van der Waals surface area (Å²) in [7, 11) is 1.37. The average molecular weight is 295 g/mol. The van der Waals surface area contributed by atoms with Crippen molar-refractivity contribution < 1.29 is 14.3 Å². The number of hydrogen-bond donors (Lipinski definition) is 0. The zero-order valence-electron chi connectivity index (χ0n) is 12.4. The summed E-state index contributed by atoms with van der Waals surface area (Å²) in [4.78, 5) is 13.5. The Morgan fingerprint density at radius 3 is 2.68 bits per heavy atom. The molecule has 0 radical (unpaired) electrons. The second-order valence-electron chi connectivity index (χ2n) is 4.97. The van der Waals surface area contributed by atoms with E-state index in [0.29, 0.717) is 12.3 Å². The van der Waals surface area contributed by atoms with E-state index in [1.54, 1.807) is 24.3 Å². The molecule has 0 spiro atoms. The van der Waals surface area contributed by atoms with E-state index in [-0.39, 0.29) is 5.97 Å². The lowest BCUT2D eigenvalue weighted by molar-refractivity contribution is 0.0600. The van der Waals surface area contributed by atoms with E-state index in [9.17, 15) is 4.79 Å². The number of anilines is 1. The van der Waals surface area contributed by atoms with Gasteiger partial charge in [0.1, 0.15) is 5.75 Å². The molecule has 22 heavy (non-hydrogen) atoms. The van der Waals surface area contributed by atoms with Gasteiger partial charge in [0, 0.05) is 12.2 Å². The quantitative estimate of drug-likeness (QED) is 0.811. The highest BCUT2D eigenvalue weighted by Gasteiger charge is 2.12. The van der Waals surface area contributed by atoms with Gasteiger partial charge in [-0.15, -0.1) is 0 Å². The number of methoxy groups -OCH3 is 1. The molecule has 2 aromatic rings. The molecule has 1 aliphatic heterocycles. The number of benzene rings is 2. The van der Waals surface area contributed by atoms with Crippen LogP contribution in [0.2, 0.25) is 0 Å². The number of fused-ring (bicyclic) bond motifs is 1. The van der Waals surface area contributed by atoms with Gasteiger partial charge in [-0.1, -0.05) is 30.4 Å². The van der Waals surface area contributed by atoms with Crippen molar-refractivity contribution >= 4 is 17.7 Å². The van der Waals surface area contributed by atoms with Gasteiger partial charge in [0.05, 0.1) is 12.7 Å². The summed E-state index contributed by atoms with van der Waals surface area (Å²) in [6.45, 7) is 1.27. The van der Waals surface area contributed by atoms with Crippen LogP contribution in [0.3, 0.4) is 0 Å². The van der Waals surface area contributed by atoms with Gasteiger partial charge in [-0.25, -0.2) is 4.79 Å². The number of ether oxygens (including phenoxy) is 2. The van der Waals surface area contributed by atoms with Crippen molar-refractivity contribution in [2.45, 2.75) is 0 Å². The predicted molar refractivity (Wildman–Crippen MR) is 86.1 cm³/mol. The fourth-order valence-corrected chi connectivity index (χ4v) is 2.40. The molecule has 0 fully saturated rings. The average Bonchev–Trinajstić information content (AvgIpc) is 2.59. The second-order valence-corrected chi connectivity index (χ2v) is 4.97. The first-order valence-electron chi connectivity index (χ1n) is 7.09. The van der Waals surface area contributed by atoms with Crippen LogP contribution in [0.4, 0.5) is 5.69 Å². The molecule has 1 aliphatic rings. The molecule has 0 amide bonds. The topological polar surface area (TPSA) is 38.8 Å². The number of nitrogens with zero attached hydrogens (tertiary/aromatic N) is 1. The van der Waals surface area contributed by atoms with Gasteiger partial charge in [-0.2, -0.15) is 0 Å². The number of carbonyl (C=O) groups excluding carboxylic acids is 1. The zero-order chi connectivity index (χ0) is 15.4. The highest BCUT2D eigenvalue weighted by molar-refractivity contribution is 5.89. The summed E-state index contributed by atoms with van der Waals surface area (Å²) >= 11 is 0. The lowest BCUT2D eigenvalue weighted by Gasteiger charge is -2.27. The van der Waals surface area contributed by atoms with Crippen LogP contribution in [0.1, 0.15) is 15.9 Å². The van der Waals surface area contributed by atoms with Crippen molar-refractivity contribution in [2.75, 3.05) is 25.3 Å². The fourth-order valence-electron chi connectivity index (χ4n) is 2.40. The third-order valence-corrected chi connectivity index (χ3v) is 3.56. The Kier molecular flexibility index (Phi) is 4.10. The molecule has 0 aromatic heterocycles. The van der Waals surface area contributed by atoms with Crippen LogP contribution >= 0.6 is 0 Å². The fraction of sp³-hybridized carbons (Fsp3) is 0.167. The summed E-state index contributed by atoms with van der Waals surface area (Å²) in [6, 6.07) is 15.2. The highest BCUT2D eigenvalue weighted by Crippen LogP contribution is 2.25. The molecule has 0 saturated heterocycles. The van der Waals surface area contributed by atoms with E-state index >= 15 is 0 Å². The molecule has 0 aliphatic carbocycles. The largest absolute Gasteiger partial charge is 0.473 e. The van der Waals surface area contributed by atoms with Gasteiger partial charge in [0.2, 0.25) is 0 Å². The Morgan fingerprint density at radius 2 is 1.91 bits per heavy atom. The Labute approximate surface area is 129 Å². The molecular formula is C18H17NO3. The predicted octanol–water partition coefficient (Wildman–Crippen LogP) is 3.34. The minimum absolute atomic E-state index is 0.346. The molecule has 0 unspecified atom stereocenters. The normalized spacial score (nSPS) is 12.7. The van der Waals surface area contributed by atoms with Gasteiger partial charge in [0.25, 0.3) is 0 Å². The van der Waals surface area contributed by atoms with Crippen molar-refractivity contribution in [3.05, 3.63) is 65.7 Å². The van der Waals surface area contributed by atoms with Crippen LogP contribution in [-0.2, 0) is 4.74 Å². The van der Waals surface area contributed by atoms with E-state index in [2.05, 4.69) is 33.9 Å². The maximum absolute atomic E-state index is 11.4. The Bertz CT molecular complexity index is 692. The van der Waals surface area contributed by atoms with Crippen LogP contribution in [-0.4, -0.2) is 26.4 Å². The molecule has 0 bridgehead atoms. The molecule has 4 heteroatoms.